The van der Waals surface area contributed by atoms with Crippen molar-refractivity contribution in [2.24, 2.45) is 5.73 Å². The van der Waals surface area contributed by atoms with Gasteiger partial charge in [0.2, 0.25) is 0 Å². The Balaban J connectivity index is 1.92. The summed E-state index contributed by atoms with van der Waals surface area (Å²) in [6, 6.07) is 15.4. The van der Waals surface area contributed by atoms with Gasteiger partial charge in [0, 0.05) is 5.39 Å². The van der Waals surface area contributed by atoms with E-state index in [1.54, 1.807) is 0 Å². The third-order valence-electron chi connectivity index (χ3n) is 3.37. The van der Waals surface area contributed by atoms with Crippen LogP contribution >= 0.6 is 15.9 Å². The minimum atomic E-state index is -0.292. The van der Waals surface area contributed by atoms with Crippen LogP contribution in [0.1, 0.15) is 24.3 Å². The van der Waals surface area contributed by atoms with Crippen molar-refractivity contribution in [1.82, 2.24) is 0 Å². The number of fused-ring (bicyclic) bond motifs is 1. The van der Waals surface area contributed by atoms with E-state index in [4.69, 9.17) is 14.9 Å². The molecule has 108 valence electrons. The Labute approximate surface area is 131 Å². The molecule has 0 fully saturated rings. The number of halogens is 1. The quantitative estimate of drug-likeness (QED) is 0.749. The van der Waals surface area contributed by atoms with Gasteiger partial charge in [0.15, 0.2) is 0 Å². The summed E-state index contributed by atoms with van der Waals surface area (Å²) in [6.45, 7) is 2.62. The lowest BCUT2D eigenvalue weighted by Crippen LogP contribution is -2.10. The van der Waals surface area contributed by atoms with E-state index in [0.29, 0.717) is 6.61 Å². The lowest BCUT2D eigenvalue weighted by molar-refractivity contribution is 0.340. The SMILES string of the molecule is CCOc1ccc(C(N)c2cc3cccc(Br)c3o2)cc1. The second-order valence-corrected chi connectivity index (χ2v) is 5.64. The van der Waals surface area contributed by atoms with E-state index in [9.17, 15) is 0 Å². The van der Waals surface area contributed by atoms with E-state index >= 15 is 0 Å². The third kappa shape index (κ3) is 2.82. The maximum absolute atomic E-state index is 6.30. The number of ether oxygens (including phenoxy) is 1. The molecule has 0 amide bonds. The monoisotopic (exact) mass is 345 g/mol. The van der Waals surface area contributed by atoms with Gasteiger partial charge in [-0.25, -0.2) is 0 Å². The Morgan fingerprint density at radius 3 is 2.62 bits per heavy atom. The zero-order chi connectivity index (χ0) is 14.8. The molecule has 3 nitrogen and oxygen atoms in total. The van der Waals surface area contributed by atoms with Gasteiger partial charge in [-0.05, 0) is 52.7 Å². The fourth-order valence-corrected chi connectivity index (χ4v) is 2.77. The molecule has 2 aromatic carbocycles. The molecular formula is C17H16BrNO2. The van der Waals surface area contributed by atoms with Crippen molar-refractivity contribution in [3.8, 4) is 5.75 Å². The fraction of sp³-hybridized carbons (Fsp3) is 0.176. The first-order valence-corrected chi connectivity index (χ1v) is 7.64. The molecule has 1 atom stereocenters. The summed E-state index contributed by atoms with van der Waals surface area (Å²) < 4.78 is 12.3. The first-order valence-electron chi connectivity index (χ1n) is 6.85. The second kappa shape index (κ2) is 5.92. The predicted octanol–water partition coefficient (Wildman–Crippen LogP) is 4.64. The third-order valence-corrected chi connectivity index (χ3v) is 4.00. The highest BCUT2D eigenvalue weighted by molar-refractivity contribution is 9.10. The van der Waals surface area contributed by atoms with E-state index in [1.165, 1.54) is 0 Å². The number of hydrogen-bond donors (Lipinski definition) is 1. The normalized spacial score (nSPS) is 12.5. The van der Waals surface area contributed by atoms with Crippen LogP contribution in [0.2, 0.25) is 0 Å². The van der Waals surface area contributed by atoms with Crippen molar-refractivity contribution in [3.63, 3.8) is 0 Å². The molecule has 0 aliphatic carbocycles. The zero-order valence-electron chi connectivity index (χ0n) is 11.7. The van der Waals surface area contributed by atoms with Gasteiger partial charge in [-0.3, -0.25) is 0 Å². The van der Waals surface area contributed by atoms with Crippen molar-refractivity contribution < 1.29 is 9.15 Å². The number of furan rings is 1. The topological polar surface area (TPSA) is 48.4 Å². The highest BCUT2D eigenvalue weighted by atomic mass is 79.9. The van der Waals surface area contributed by atoms with Gasteiger partial charge in [0.25, 0.3) is 0 Å². The molecule has 2 N–H and O–H groups in total. The molecule has 3 rings (SSSR count). The lowest BCUT2D eigenvalue weighted by Gasteiger charge is -2.10. The van der Waals surface area contributed by atoms with E-state index in [0.717, 1.165) is 32.5 Å². The minimum Gasteiger partial charge on any atom is -0.494 e. The van der Waals surface area contributed by atoms with E-state index < -0.39 is 0 Å². The van der Waals surface area contributed by atoms with Crippen LogP contribution in [0.5, 0.6) is 5.75 Å². The summed E-state index contributed by atoms with van der Waals surface area (Å²) in [7, 11) is 0. The molecule has 1 aromatic heterocycles. The van der Waals surface area contributed by atoms with E-state index in [-0.39, 0.29) is 6.04 Å². The zero-order valence-corrected chi connectivity index (χ0v) is 13.3. The number of hydrogen-bond acceptors (Lipinski definition) is 3. The molecule has 0 saturated heterocycles. The summed E-state index contributed by atoms with van der Waals surface area (Å²) in [4.78, 5) is 0. The maximum atomic E-state index is 6.30. The molecule has 0 bridgehead atoms. The average Bonchev–Trinajstić information content (AvgIpc) is 2.93. The van der Waals surface area contributed by atoms with Crippen molar-refractivity contribution >= 4 is 26.9 Å². The number of rotatable bonds is 4. The first-order chi connectivity index (χ1) is 10.2. The molecule has 4 heteroatoms. The van der Waals surface area contributed by atoms with Crippen molar-refractivity contribution in [2.45, 2.75) is 13.0 Å². The molecule has 21 heavy (non-hydrogen) atoms. The highest BCUT2D eigenvalue weighted by Crippen LogP contribution is 2.31. The van der Waals surface area contributed by atoms with Crippen LogP contribution < -0.4 is 10.5 Å². The van der Waals surface area contributed by atoms with Gasteiger partial charge in [-0.1, -0.05) is 24.3 Å². The maximum Gasteiger partial charge on any atom is 0.148 e. The molecule has 0 spiro atoms. The predicted molar refractivity (Wildman–Crippen MR) is 87.6 cm³/mol. The Hall–Kier alpha value is -1.78. The number of para-hydroxylation sites is 1. The van der Waals surface area contributed by atoms with Crippen molar-refractivity contribution in [2.75, 3.05) is 6.61 Å². The molecule has 0 aliphatic heterocycles. The summed E-state index contributed by atoms with van der Waals surface area (Å²) in [5, 5.41) is 1.04. The smallest absolute Gasteiger partial charge is 0.148 e. The Morgan fingerprint density at radius 2 is 1.95 bits per heavy atom. The van der Waals surface area contributed by atoms with Gasteiger partial charge in [-0.2, -0.15) is 0 Å². The minimum absolute atomic E-state index is 0.292. The Bertz CT molecular complexity index is 749. The number of nitrogens with two attached hydrogens (primary N) is 1. The molecule has 3 aromatic rings. The summed E-state index contributed by atoms with van der Waals surface area (Å²) in [6.07, 6.45) is 0. The van der Waals surface area contributed by atoms with Crippen LogP contribution in [0.25, 0.3) is 11.0 Å². The van der Waals surface area contributed by atoms with Gasteiger partial charge >= 0.3 is 0 Å². The summed E-state index contributed by atoms with van der Waals surface area (Å²) >= 11 is 3.49. The standard InChI is InChI=1S/C17H16BrNO2/c1-2-20-13-8-6-11(7-9-13)16(19)15-10-12-4-3-5-14(18)17(12)21-15/h3-10,16H,2,19H2,1H3. The molecule has 0 saturated carbocycles. The molecule has 1 heterocycles. The summed E-state index contributed by atoms with van der Waals surface area (Å²) in [5.74, 6) is 1.60. The average molecular weight is 346 g/mol. The summed E-state index contributed by atoms with van der Waals surface area (Å²) in [5.41, 5.74) is 8.13. The molecule has 0 radical (unpaired) electrons. The lowest BCUT2D eigenvalue weighted by atomic mass is 10.1. The van der Waals surface area contributed by atoms with E-state index in [1.807, 2.05) is 55.5 Å². The van der Waals surface area contributed by atoms with E-state index in [2.05, 4.69) is 15.9 Å². The van der Waals surface area contributed by atoms with Gasteiger partial charge in [0.1, 0.15) is 17.1 Å². The molecule has 1 unspecified atom stereocenters. The Kier molecular flexibility index (Phi) is 3.99. The largest absolute Gasteiger partial charge is 0.494 e. The first kappa shape index (κ1) is 14.2. The van der Waals surface area contributed by atoms with Gasteiger partial charge in [-0.15, -0.1) is 0 Å². The van der Waals surface area contributed by atoms with Crippen molar-refractivity contribution in [3.05, 3.63) is 64.3 Å². The molecular weight excluding hydrogens is 330 g/mol. The van der Waals surface area contributed by atoms with Crippen LogP contribution in [0.4, 0.5) is 0 Å². The van der Waals surface area contributed by atoms with Crippen LogP contribution in [-0.4, -0.2) is 6.61 Å². The Morgan fingerprint density at radius 1 is 1.19 bits per heavy atom. The van der Waals surface area contributed by atoms with Crippen LogP contribution in [-0.2, 0) is 0 Å². The molecule has 0 aliphatic rings. The highest BCUT2D eigenvalue weighted by Gasteiger charge is 2.15. The van der Waals surface area contributed by atoms with Crippen molar-refractivity contribution in [1.29, 1.82) is 0 Å². The van der Waals surface area contributed by atoms with Crippen LogP contribution in [0.3, 0.4) is 0 Å². The van der Waals surface area contributed by atoms with Gasteiger partial charge in [0.05, 0.1) is 17.1 Å². The second-order valence-electron chi connectivity index (χ2n) is 4.79. The number of benzene rings is 2. The van der Waals surface area contributed by atoms with Crippen LogP contribution in [0, 0.1) is 0 Å². The van der Waals surface area contributed by atoms with Gasteiger partial charge < -0.3 is 14.9 Å². The fourth-order valence-electron chi connectivity index (χ4n) is 2.30. The van der Waals surface area contributed by atoms with Crippen LogP contribution in [0.15, 0.2) is 57.4 Å².